The Kier molecular flexibility index (Phi) is 10.1. The zero-order valence-corrected chi connectivity index (χ0v) is 38.6. The van der Waals surface area contributed by atoms with Crippen molar-refractivity contribution in [2.75, 3.05) is 4.90 Å². The largest absolute Gasteiger partial charge is 0.309 e. The zero-order chi connectivity index (χ0) is 46.4. The molecule has 0 heterocycles. The Morgan fingerprint density at radius 2 is 0.643 bits per heavy atom. The lowest BCUT2D eigenvalue weighted by molar-refractivity contribution is 0.768. The summed E-state index contributed by atoms with van der Waals surface area (Å²) in [5, 5.41) is 4.87. The summed E-state index contributed by atoms with van der Waals surface area (Å²) in [7, 11) is 0. The molecule has 70 heavy (non-hydrogen) atoms. The fourth-order valence-electron chi connectivity index (χ4n) is 11.5. The van der Waals surface area contributed by atoms with Gasteiger partial charge in [0.25, 0.3) is 0 Å². The van der Waals surface area contributed by atoms with E-state index in [1.165, 1.54) is 93.9 Å². The van der Waals surface area contributed by atoms with E-state index in [4.69, 9.17) is 0 Å². The molecule has 0 saturated heterocycles. The highest BCUT2D eigenvalue weighted by atomic mass is 15.1. The van der Waals surface area contributed by atoms with Gasteiger partial charge in [-0.2, -0.15) is 0 Å². The minimum absolute atomic E-state index is 0.554. The van der Waals surface area contributed by atoms with Gasteiger partial charge in [0, 0.05) is 22.3 Å². The molecule has 0 bridgehead atoms. The molecule has 1 heteroatoms. The molecule has 1 nitrogen and oxygen atoms in total. The van der Waals surface area contributed by atoms with Crippen molar-refractivity contribution in [3.05, 3.63) is 307 Å². The fourth-order valence-corrected chi connectivity index (χ4v) is 11.5. The van der Waals surface area contributed by atoms with Crippen LogP contribution >= 0.6 is 0 Å². The van der Waals surface area contributed by atoms with Crippen LogP contribution in [0.15, 0.2) is 285 Å². The van der Waals surface area contributed by atoms with Crippen molar-refractivity contribution < 1.29 is 0 Å². The summed E-state index contributed by atoms with van der Waals surface area (Å²) in [5.41, 5.74) is 19.9. The molecule has 12 aromatic rings. The van der Waals surface area contributed by atoms with E-state index in [-0.39, 0.29) is 0 Å². The predicted octanol–water partition coefficient (Wildman–Crippen LogP) is 18.5. The minimum atomic E-state index is -0.554. The molecule has 0 amide bonds. The Bertz CT molecular complexity index is 3800. The summed E-state index contributed by atoms with van der Waals surface area (Å²) < 4.78 is 0. The average molecular weight is 890 g/mol. The van der Waals surface area contributed by atoms with Crippen LogP contribution in [0.2, 0.25) is 0 Å². The van der Waals surface area contributed by atoms with Crippen LogP contribution in [0.4, 0.5) is 17.1 Å². The second kappa shape index (κ2) is 17.2. The predicted molar refractivity (Wildman–Crippen MR) is 295 cm³/mol. The van der Waals surface area contributed by atoms with Crippen LogP contribution in [0.25, 0.3) is 77.2 Å². The first-order valence-electron chi connectivity index (χ1n) is 24.3. The van der Waals surface area contributed by atoms with Gasteiger partial charge >= 0.3 is 0 Å². The maximum absolute atomic E-state index is 2.54. The monoisotopic (exact) mass is 889 g/mol. The van der Waals surface area contributed by atoms with Crippen LogP contribution in [0, 0.1) is 0 Å². The smallest absolute Gasteiger partial charge is 0.0714 e. The summed E-state index contributed by atoms with van der Waals surface area (Å²) in [4.78, 5) is 2.54. The molecular weight excluding hydrogens is 843 g/mol. The van der Waals surface area contributed by atoms with Gasteiger partial charge < -0.3 is 4.90 Å². The SMILES string of the molecule is c1ccc(-c2ccccc2-c2ccc(-c3ccc(N(c4ccc5c(c4)C(c4ccccc4)(c4ccccc4)c4ccccc4-5)c4c(-c5ccccc5)c5ccccc5c5ccccc45)cc3)cc2)cc1. The van der Waals surface area contributed by atoms with Gasteiger partial charge in [-0.3, -0.25) is 0 Å². The Hall–Kier alpha value is -9.04. The number of anilines is 3. The van der Waals surface area contributed by atoms with Gasteiger partial charge in [-0.25, -0.2) is 0 Å². The van der Waals surface area contributed by atoms with E-state index < -0.39 is 5.41 Å². The first-order valence-corrected chi connectivity index (χ1v) is 24.3. The highest BCUT2D eigenvalue weighted by Crippen LogP contribution is 2.58. The first-order chi connectivity index (χ1) is 34.8. The molecular formula is C69H47N. The first kappa shape index (κ1) is 41.2. The maximum Gasteiger partial charge on any atom is 0.0714 e. The molecule has 1 aliphatic carbocycles. The molecule has 0 atom stereocenters. The van der Waals surface area contributed by atoms with Crippen molar-refractivity contribution in [2.24, 2.45) is 0 Å². The molecule has 0 fully saturated rings. The maximum atomic E-state index is 2.54. The van der Waals surface area contributed by atoms with E-state index in [1.54, 1.807) is 0 Å². The lowest BCUT2D eigenvalue weighted by atomic mass is 9.67. The van der Waals surface area contributed by atoms with Gasteiger partial charge in [-0.15, -0.1) is 0 Å². The second-order valence-electron chi connectivity index (χ2n) is 18.3. The summed E-state index contributed by atoms with van der Waals surface area (Å²) in [6, 6.07) is 105. The normalized spacial score (nSPS) is 12.4. The summed E-state index contributed by atoms with van der Waals surface area (Å²) in [6.45, 7) is 0. The van der Waals surface area contributed by atoms with Crippen LogP contribution in [0.5, 0.6) is 0 Å². The molecule has 328 valence electrons. The van der Waals surface area contributed by atoms with E-state index in [2.05, 4.69) is 290 Å². The van der Waals surface area contributed by atoms with Crippen molar-refractivity contribution in [1.82, 2.24) is 0 Å². The second-order valence-corrected chi connectivity index (χ2v) is 18.3. The van der Waals surface area contributed by atoms with Crippen LogP contribution in [-0.2, 0) is 5.41 Å². The Morgan fingerprint density at radius 1 is 0.243 bits per heavy atom. The van der Waals surface area contributed by atoms with Crippen LogP contribution < -0.4 is 4.90 Å². The van der Waals surface area contributed by atoms with Crippen LogP contribution in [0.3, 0.4) is 0 Å². The van der Waals surface area contributed by atoms with Gasteiger partial charge in [-0.05, 0) is 113 Å². The standard InChI is InChI=1S/C69H47N/c1-5-21-50(22-6-1)57-29-13-14-30-58(57)51-39-37-48(38-40-51)49-41-43-55(44-42-49)70(68-64-35-18-16-32-60(64)59-31-15-17-34-63(59)67(68)52-23-7-2-8-24-52)56-45-46-62-61-33-19-20-36-65(61)69(66(62)47-56,53-25-9-3-10-26-53)54-27-11-4-12-28-54/h1-47H. The number of hydrogen-bond donors (Lipinski definition) is 0. The Balaban J connectivity index is 1.04. The third kappa shape index (κ3) is 6.70. The summed E-state index contributed by atoms with van der Waals surface area (Å²) >= 11 is 0. The minimum Gasteiger partial charge on any atom is -0.309 e. The molecule has 0 N–H and O–H groups in total. The van der Waals surface area contributed by atoms with Crippen molar-refractivity contribution in [2.45, 2.75) is 5.41 Å². The van der Waals surface area contributed by atoms with E-state index in [0.717, 1.165) is 22.6 Å². The van der Waals surface area contributed by atoms with Crippen molar-refractivity contribution in [1.29, 1.82) is 0 Å². The van der Waals surface area contributed by atoms with Gasteiger partial charge in [0.2, 0.25) is 0 Å². The molecule has 0 radical (unpaired) electrons. The number of benzene rings is 12. The van der Waals surface area contributed by atoms with E-state index in [9.17, 15) is 0 Å². The van der Waals surface area contributed by atoms with Crippen molar-refractivity contribution >= 4 is 38.6 Å². The zero-order valence-electron chi connectivity index (χ0n) is 38.6. The topological polar surface area (TPSA) is 3.24 Å². The van der Waals surface area contributed by atoms with Crippen LogP contribution in [0.1, 0.15) is 22.3 Å². The van der Waals surface area contributed by atoms with Gasteiger partial charge in [0.1, 0.15) is 0 Å². The van der Waals surface area contributed by atoms with Crippen molar-refractivity contribution in [3.63, 3.8) is 0 Å². The molecule has 0 saturated carbocycles. The highest BCUT2D eigenvalue weighted by molar-refractivity contribution is 6.22. The number of fused-ring (bicyclic) bond motifs is 6. The van der Waals surface area contributed by atoms with E-state index >= 15 is 0 Å². The van der Waals surface area contributed by atoms with Crippen LogP contribution in [-0.4, -0.2) is 0 Å². The molecule has 0 spiro atoms. The lowest BCUT2D eigenvalue weighted by Crippen LogP contribution is -2.28. The summed E-state index contributed by atoms with van der Waals surface area (Å²) in [6.07, 6.45) is 0. The van der Waals surface area contributed by atoms with Crippen molar-refractivity contribution in [3.8, 4) is 55.6 Å². The molecule has 0 unspecified atom stereocenters. The Labute approximate surface area is 409 Å². The number of nitrogens with zero attached hydrogens (tertiary/aromatic N) is 1. The third-order valence-corrected chi connectivity index (χ3v) is 14.6. The van der Waals surface area contributed by atoms with Gasteiger partial charge in [-0.1, -0.05) is 261 Å². The fraction of sp³-hybridized carbons (Fsp3) is 0.0145. The summed E-state index contributed by atoms with van der Waals surface area (Å²) in [5.74, 6) is 0. The molecule has 12 aromatic carbocycles. The quantitative estimate of drug-likeness (QED) is 0.131. The molecule has 0 aromatic heterocycles. The van der Waals surface area contributed by atoms with E-state index in [1.807, 2.05) is 0 Å². The molecule has 13 rings (SSSR count). The lowest BCUT2D eigenvalue weighted by Gasteiger charge is -2.35. The average Bonchev–Trinajstić information content (AvgIpc) is 3.75. The third-order valence-electron chi connectivity index (χ3n) is 14.6. The molecule has 0 aliphatic heterocycles. The Morgan fingerprint density at radius 3 is 1.24 bits per heavy atom. The number of rotatable bonds is 9. The highest BCUT2D eigenvalue weighted by Gasteiger charge is 2.46. The van der Waals surface area contributed by atoms with Gasteiger partial charge in [0.05, 0.1) is 11.1 Å². The number of hydrogen-bond acceptors (Lipinski definition) is 1. The van der Waals surface area contributed by atoms with E-state index in [0.29, 0.717) is 0 Å². The molecule has 1 aliphatic rings. The van der Waals surface area contributed by atoms with Gasteiger partial charge in [0.15, 0.2) is 0 Å².